The Labute approximate surface area is 220 Å². The third-order valence-corrected chi connectivity index (χ3v) is 8.01. The molecule has 2 fully saturated rings. The molecule has 1 saturated heterocycles. The van der Waals surface area contributed by atoms with Crippen molar-refractivity contribution in [3.05, 3.63) is 71.6 Å². The molecule has 2 aliphatic rings. The fourth-order valence-electron chi connectivity index (χ4n) is 6.00. The Morgan fingerprint density at radius 3 is 1.89 bits per heavy atom. The summed E-state index contributed by atoms with van der Waals surface area (Å²) in [6.45, 7) is 7.21. The molecule has 0 aromatic heterocycles. The van der Waals surface area contributed by atoms with Crippen molar-refractivity contribution in [2.75, 3.05) is 33.3 Å². The average molecular weight is 542 g/mol. The number of alkyl halides is 6. The van der Waals surface area contributed by atoms with E-state index in [4.69, 9.17) is 4.74 Å². The van der Waals surface area contributed by atoms with Gasteiger partial charge in [-0.05, 0) is 56.0 Å². The van der Waals surface area contributed by atoms with Gasteiger partial charge in [-0.1, -0.05) is 43.9 Å². The summed E-state index contributed by atoms with van der Waals surface area (Å²) in [5.74, 6) is 0.497. The van der Waals surface area contributed by atoms with E-state index >= 15 is 0 Å². The van der Waals surface area contributed by atoms with Crippen molar-refractivity contribution in [3.63, 3.8) is 0 Å². The summed E-state index contributed by atoms with van der Waals surface area (Å²) in [6, 6.07) is 9.40. The summed E-state index contributed by atoms with van der Waals surface area (Å²) < 4.78 is 87.1. The van der Waals surface area contributed by atoms with Crippen LogP contribution in [0.2, 0.25) is 0 Å². The summed E-state index contributed by atoms with van der Waals surface area (Å²) in [5.41, 5.74) is -3.20. The van der Waals surface area contributed by atoms with Crippen LogP contribution in [0.15, 0.2) is 42.5 Å². The molecule has 0 amide bonds. The molecule has 9 heteroatoms. The maximum atomic E-state index is 13.6. The third-order valence-electron chi connectivity index (χ3n) is 8.01. The van der Waals surface area contributed by atoms with Crippen LogP contribution in [0.4, 0.5) is 26.3 Å². The molecular weight excluding hydrogens is 506 g/mol. The molecule has 2 aromatic rings. The van der Waals surface area contributed by atoms with Crippen LogP contribution in [-0.4, -0.2) is 49.1 Å². The molecule has 0 bridgehead atoms. The molecule has 1 saturated carbocycles. The van der Waals surface area contributed by atoms with Crippen LogP contribution < -0.4 is 4.74 Å². The fourth-order valence-corrected chi connectivity index (χ4v) is 6.00. The zero-order valence-corrected chi connectivity index (χ0v) is 21.7. The lowest BCUT2D eigenvalue weighted by Crippen LogP contribution is -2.57. The van der Waals surface area contributed by atoms with Crippen LogP contribution in [-0.2, 0) is 24.3 Å². The Morgan fingerprint density at radius 2 is 1.37 bits per heavy atom. The first kappa shape index (κ1) is 28.7. The van der Waals surface area contributed by atoms with Crippen molar-refractivity contribution in [2.24, 2.45) is 0 Å². The quantitative estimate of drug-likeness (QED) is 0.281. The molecule has 1 heterocycles. The zero-order chi connectivity index (χ0) is 27.6. The summed E-state index contributed by atoms with van der Waals surface area (Å²) in [7, 11) is 1.50. The normalized spacial score (nSPS) is 20.6. The summed E-state index contributed by atoms with van der Waals surface area (Å²) >= 11 is 0. The highest BCUT2D eigenvalue weighted by Crippen LogP contribution is 2.41. The third kappa shape index (κ3) is 6.47. The molecule has 38 heavy (non-hydrogen) atoms. The highest BCUT2D eigenvalue weighted by Gasteiger charge is 2.41. The fraction of sp³-hybridized carbons (Fsp3) is 0.552. The summed E-state index contributed by atoms with van der Waals surface area (Å²) in [6.07, 6.45) is -2.71. The van der Waals surface area contributed by atoms with E-state index in [1.165, 1.54) is 32.8 Å². The Hall–Kier alpha value is -2.26. The van der Waals surface area contributed by atoms with E-state index in [0.29, 0.717) is 30.4 Å². The highest BCUT2D eigenvalue weighted by atomic mass is 19.4. The van der Waals surface area contributed by atoms with Crippen LogP contribution in [0.25, 0.3) is 0 Å². The van der Waals surface area contributed by atoms with Crippen molar-refractivity contribution < 1.29 is 31.1 Å². The van der Waals surface area contributed by atoms with Gasteiger partial charge >= 0.3 is 12.4 Å². The highest BCUT2D eigenvalue weighted by molar-refractivity contribution is 5.43. The molecule has 0 N–H and O–H groups in total. The standard InChI is InChI=1S/C29H35F6N2O/c1-27(25-11-7-8-12-26(25)38-2,37-15-13-36(14-16-37)24-9-5-3-4-6-10-24)20-21-17-22(28(30,31)32)19-23(18-21)29(33,34)35/h7-8,11-12,17-19,24H,1,3-6,9-10,13-16,20H2,2H3. The number of ether oxygens (including phenoxy) is 1. The van der Waals surface area contributed by atoms with E-state index in [0.717, 1.165) is 38.1 Å². The van der Waals surface area contributed by atoms with Crippen LogP contribution >= 0.6 is 0 Å². The smallest absolute Gasteiger partial charge is 0.416 e. The van der Waals surface area contributed by atoms with Crippen LogP contribution in [0.5, 0.6) is 5.75 Å². The number of hydrogen-bond donors (Lipinski definition) is 0. The lowest BCUT2D eigenvalue weighted by molar-refractivity contribution is -0.143. The van der Waals surface area contributed by atoms with E-state index in [2.05, 4.69) is 16.7 Å². The Morgan fingerprint density at radius 1 is 0.816 bits per heavy atom. The first-order valence-corrected chi connectivity index (χ1v) is 13.2. The van der Waals surface area contributed by atoms with Crippen molar-refractivity contribution in [3.8, 4) is 5.75 Å². The SMILES string of the molecule is [CH2]C(Cc1cc(C(F)(F)F)cc(C(F)(F)F)c1)(c1ccccc1OC)N1CCN(C2CCCCCC2)CC1. The van der Waals surface area contributed by atoms with Gasteiger partial charge in [-0.2, -0.15) is 26.3 Å². The van der Waals surface area contributed by atoms with Gasteiger partial charge in [0.2, 0.25) is 0 Å². The number of piperazine rings is 1. The molecule has 2 aromatic carbocycles. The minimum Gasteiger partial charge on any atom is -0.496 e. The van der Waals surface area contributed by atoms with Gasteiger partial charge in [0.25, 0.3) is 0 Å². The molecule has 4 rings (SSSR count). The lowest BCUT2D eigenvalue weighted by atomic mass is 9.82. The van der Waals surface area contributed by atoms with Gasteiger partial charge in [-0.15, -0.1) is 0 Å². The van der Waals surface area contributed by atoms with Gasteiger partial charge in [-0.3, -0.25) is 9.80 Å². The van der Waals surface area contributed by atoms with Gasteiger partial charge in [0, 0.05) is 37.8 Å². The van der Waals surface area contributed by atoms with Gasteiger partial charge in [-0.25, -0.2) is 0 Å². The Bertz CT molecular complexity index is 1040. The van der Waals surface area contributed by atoms with Crippen molar-refractivity contribution in [1.29, 1.82) is 0 Å². The minimum absolute atomic E-state index is 0.0701. The molecule has 1 aliphatic carbocycles. The molecule has 1 aliphatic heterocycles. The number of para-hydroxylation sites is 1. The topological polar surface area (TPSA) is 15.7 Å². The van der Waals surface area contributed by atoms with Crippen molar-refractivity contribution in [1.82, 2.24) is 9.80 Å². The number of hydrogen-bond acceptors (Lipinski definition) is 3. The number of halogens is 6. The Kier molecular flexibility index (Phi) is 8.67. The largest absolute Gasteiger partial charge is 0.496 e. The number of nitrogens with zero attached hydrogens (tertiary/aromatic N) is 2. The molecule has 1 unspecified atom stereocenters. The van der Waals surface area contributed by atoms with Gasteiger partial charge in [0.05, 0.1) is 23.8 Å². The van der Waals surface area contributed by atoms with E-state index in [9.17, 15) is 26.3 Å². The van der Waals surface area contributed by atoms with Crippen LogP contribution in [0, 0.1) is 6.92 Å². The van der Waals surface area contributed by atoms with Crippen molar-refractivity contribution >= 4 is 0 Å². The van der Waals surface area contributed by atoms with E-state index in [1.54, 1.807) is 24.3 Å². The molecule has 1 radical (unpaired) electrons. The zero-order valence-electron chi connectivity index (χ0n) is 21.7. The van der Waals surface area contributed by atoms with Crippen LogP contribution in [0.1, 0.15) is 60.8 Å². The second-order valence-electron chi connectivity index (χ2n) is 10.5. The average Bonchev–Trinajstić information content (AvgIpc) is 3.17. The van der Waals surface area contributed by atoms with Crippen molar-refractivity contribution in [2.45, 2.75) is 68.9 Å². The van der Waals surface area contributed by atoms with E-state index in [1.807, 2.05) is 0 Å². The minimum atomic E-state index is -4.91. The maximum Gasteiger partial charge on any atom is 0.416 e. The second kappa shape index (κ2) is 11.5. The summed E-state index contributed by atoms with van der Waals surface area (Å²) in [5, 5.41) is 0. The first-order chi connectivity index (χ1) is 17.9. The molecular formula is C29H35F6N2O. The van der Waals surface area contributed by atoms with Crippen LogP contribution in [0.3, 0.4) is 0 Å². The number of methoxy groups -OCH3 is 1. The molecule has 1 atom stereocenters. The van der Waals surface area contributed by atoms with E-state index in [-0.39, 0.29) is 18.1 Å². The lowest BCUT2D eigenvalue weighted by Gasteiger charge is -2.48. The summed E-state index contributed by atoms with van der Waals surface area (Å²) in [4.78, 5) is 4.57. The first-order valence-electron chi connectivity index (χ1n) is 13.2. The van der Waals surface area contributed by atoms with Gasteiger partial charge < -0.3 is 4.74 Å². The molecule has 0 spiro atoms. The second-order valence-corrected chi connectivity index (χ2v) is 10.5. The number of rotatable bonds is 6. The predicted molar refractivity (Wildman–Crippen MR) is 135 cm³/mol. The molecule has 209 valence electrons. The predicted octanol–water partition coefficient (Wildman–Crippen LogP) is 7.35. The number of benzene rings is 2. The van der Waals surface area contributed by atoms with Gasteiger partial charge in [0.1, 0.15) is 5.75 Å². The van der Waals surface area contributed by atoms with Gasteiger partial charge in [0.15, 0.2) is 0 Å². The monoisotopic (exact) mass is 541 g/mol. The van der Waals surface area contributed by atoms with E-state index < -0.39 is 29.0 Å². The molecule has 3 nitrogen and oxygen atoms in total. The Balaban J connectivity index is 1.69. The maximum absolute atomic E-state index is 13.6.